The maximum Gasteiger partial charge on any atom is 0.225 e. The van der Waals surface area contributed by atoms with Crippen LogP contribution in [0.15, 0.2) is 24.3 Å². The molecule has 1 saturated heterocycles. The lowest BCUT2D eigenvalue weighted by molar-refractivity contribution is 0.461. The van der Waals surface area contributed by atoms with Crippen LogP contribution in [0, 0.1) is 0 Å². The smallest absolute Gasteiger partial charge is 0.225 e. The SMILES string of the molecule is c1ccc2c(N3CCCCCC3)nc(NC3CCCCC3)nc2c1. The second kappa shape index (κ2) is 7.37. The standard InChI is InChI=1S/C20H28N4/c1-2-9-15-24(14-8-1)19-17-12-6-7-13-18(17)22-20(23-19)21-16-10-4-3-5-11-16/h6-7,12-13,16H,1-5,8-11,14-15H2,(H,21,22,23). The molecule has 1 N–H and O–H groups in total. The number of aromatic nitrogens is 2. The van der Waals surface area contributed by atoms with Crippen molar-refractivity contribution in [1.82, 2.24) is 9.97 Å². The molecule has 1 aromatic carbocycles. The molecule has 0 amide bonds. The number of fused-ring (bicyclic) bond motifs is 1. The average Bonchev–Trinajstić information content (AvgIpc) is 2.91. The van der Waals surface area contributed by atoms with Crippen molar-refractivity contribution in [2.24, 2.45) is 0 Å². The van der Waals surface area contributed by atoms with E-state index in [0.717, 1.165) is 30.4 Å². The Morgan fingerprint density at radius 1 is 0.833 bits per heavy atom. The quantitative estimate of drug-likeness (QED) is 0.884. The molecule has 1 saturated carbocycles. The zero-order valence-electron chi connectivity index (χ0n) is 14.5. The number of nitrogens with one attached hydrogen (secondary N) is 1. The molecular weight excluding hydrogens is 296 g/mol. The lowest BCUT2D eigenvalue weighted by Gasteiger charge is -2.26. The lowest BCUT2D eigenvalue weighted by atomic mass is 9.96. The molecule has 1 aliphatic heterocycles. The normalized spacial score (nSPS) is 20.1. The van der Waals surface area contributed by atoms with Gasteiger partial charge < -0.3 is 10.2 Å². The largest absolute Gasteiger partial charge is 0.356 e. The summed E-state index contributed by atoms with van der Waals surface area (Å²) < 4.78 is 0. The van der Waals surface area contributed by atoms with Crippen molar-refractivity contribution in [3.63, 3.8) is 0 Å². The van der Waals surface area contributed by atoms with Gasteiger partial charge in [-0.3, -0.25) is 0 Å². The summed E-state index contributed by atoms with van der Waals surface area (Å²) in [4.78, 5) is 12.2. The molecule has 1 aliphatic carbocycles. The van der Waals surface area contributed by atoms with E-state index in [1.54, 1.807) is 0 Å². The van der Waals surface area contributed by atoms with E-state index in [1.807, 2.05) is 0 Å². The first-order valence-corrected chi connectivity index (χ1v) is 9.68. The fourth-order valence-electron chi connectivity index (χ4n) is 4.08. The van der Waals surface area contributed by atoms with Crippen LogP contribution in [0.1, 0.15) is 57.8 Å². The van der Waals surface area contributed by atoms with Gasteiger partial charge in [-0.2, -0.15) is 4.98 Å². The second-order valence-corrected chi connectivity index (χ2v) is 7.27. The van der Waals surface area contributed by atoms with Gasteiger partial charge in [0.1, 0.15) is 5.82 Å². The molecule has 4 heteroatoms. The molecular formula is C20H28N4. The Bertz CT molecular complexity index is 670. The highest BCUT2D eigenvalue weighted by Gasteiger charge is 2.18. The average molecular weight is 324 g/mol. The number of para-hydroxylation sites is 1. The van der Waals surface area contributed by atoms with Gasteiger partial charge in [-0.05, 0) is 37.8 Å². The minimum absolute atomic E-state index is 0.539. The van der Waals surface area contributed by atoms with Gasteiger partial charge in [0, 0.05) is 24.5 Å². The highest BCUT2D eigenvalue weighted by Crippen LogP contribution is 2.28. The molecule has 2 aromatic rings. The molecule has 0 radical (unpaired) electrons. The van der Waals surface area contributed by atoms with Crippen LogP contribution in [-0.4, -0.2) is 29.1 Å². The van der Waals surface area contributed by atoms with E-state index in [-0.39, 0.29) is 0 Å². The fourth-order valence-corrected chi connectivity index (χ4v) is 4.08. The number of nitrogens with zero attached hydrogens (tertiary/aromatic N) is 3. The highest BCUT2D eigenvalue weighted by molar-refractivity contribution is 5.90. The highest BCUT2D eigenvalue weighted by atomic mass is 15.2. The summed E-state index contributed by atoms with van der Waals surface area (Å²) in [5, 5.41) is 4.81. The van der Waals surface area contributed by atoms with E-state index < -0.39 is 0 Å². The molecule has 1 aromatic heterocycles. The second-order valence-electron chi connectivity index (χ2n) is 7.27. The van der Waals surface area contributed by atoms with Crippen molar-refractivity contribution in [1.29, 1.82) is 0 Å². The molecule has 4 rings (SSSR count). The van der Waals surface area contributed by atoms with Gasteiger partial charge in [-0.25, -0.2) is 4.98 Å². The summed E-state index contributed by atoms with van der Waals surface area (Å²) >= 11 is 0. The summed E-state index contributed by atoms with van der Waals surface area (Å²) in [7, 11) is 0. The topological polar surface area (TPSA) is 41.1 Å². The molecule has 0 bridgehead atoms. The van der Waals surface area contributed by atoms with Gasteiger partial charge >= 0.3 is 0 Å². The third-order valence-electron chi connectivity index (χ3n) is 5.43. The van der Waals surface area contributed by atoms with Crippen LogP contribution < -0.4 is 10.2 Å². The predicted molar refractivity (Wildman–Crippen MR) is 101 cm³/mol. The van der Waals surface area contributed by atoms with Crippen molar-refractivity contribution in [2.45, 2.75) is 63.8 Å². The Morgan fingerprint density at radius 2 is 1.54 bits per heavy atom. The molecule has 24 heavy (non-hydrogen) atoms. The zero-order valence-corrected chi connectivity index (χ0v) is 14.5. The Morgan fingerprint density at radius 3 is 2.33 bits per heavy atom. The van der Waals surface area contributed by atoms with Crippen LogP contribution in [0.3, 0.4) is 0 Å². The first-order chi connectivity index (χ1) is 11.9. The Balaban J connectivity index is 1.67. The van der Waals surface area contributed by atoms with Crippen molar-refractivity contribution in [3.05, 3.63) is 24.3 Å². The third kappa shape index (κ3) is 3.47. The van der Waals surface area contributed by atoms with Gasteiger partial charge in [-0.1, -0.05) is 44.2 Å². The Labute approximate surface area is 144 Å². The van der Waals surface area contributed by atoms with Crippen molar-refractivity contribution in [2.75, 3.05) is 23.3 Å². The van der Waals surface area contributed by atoms with Crippen molar-refractivity contribution in [3.8, 4) is 0 Å². The maximum atomic E-state index is 4.96. The Hall–Kier alpha value is -1.84. The molecule has 128 valence electrons. The van der Waals surface area contributed by atoms with E-state index in [0.29, 0.717) is 6.04 Å². The molecule has 2 heterocycles. The molecule has 0 unspecified atom stereocenters. The molecule has 0 spiro atoms. The minimum atomic E-state index is 0.539. The van der Waals surface area contributed by atoms with Crippen LogP contribution >= 0.6 is 0 Å². The summed E-state index contributed by atoms with van der Waals surface area (Å²) in [6, 6.07) is 8.99. The van der Waals surface area contributed by atoms with Crippen LogP contribution in [0.25, 0.3) is 10.9 Å². The van der Waals surface area contributed by atoms with Crippen LogP contribution in [0.4, 0.5) is 11.8 Å². The van der Waals surface area contributed by atoms with Crippen LogP contribution in [0.5, 0.6) is 0 Å². The summed E-state index contributed by atoms with van der Waals surface area (Å²) in [6.45, 7) is 2.23. The van der Waals surface area contributed by atoms with Crippen molar-refractivity contribution < 1.29 is 0 Å². The van der Waals surface area contributed by atoms with Gasteiger partial charge in [-0.15, -0.1) is 0 Å². The number of hydrogen-bond acceptors (Lipinski definition) is 4. The third-order valence-corrected chi connectivity index (χ3v) is 5.43. The fraction of sp³-hybridized carbons (Fsp3) is 0.600. The molecule has 0 atom stereocenters. The van der Waals surface area contributed by atoms with Crippen LogP contribution in [-0.2, 0) is 0 Å². The summed E-state index contributed by atoms with van der Waals surface area (Å²) in [6.07, 6.45) is 11.7. The van der Waals surface area contributed by atoms with Gasteiger partial charge in [0.05, 0.1) is 5.52 Å². The number of hydrogen-bond donors (Lipinski definition) is 1. The first-order valence-electron chi connectivity index (χ1n) is 9.68. The van der Waals surface area contributed by atoms with E-state index in [1.165, 1.54) is 63.2 Å². The van der Waals surface area contributed by atoms with Gasteiger partial charge in [0.2, 0.25) is 5.95 Å². The summed E-state index contributed by atoms with van der Waals surface area (Å²) in [5.41, 5.74) is 1.06. The van der Waals surface area contributed by atoms with Gasteiger partial charge in [0.25, 0.3) is 0 Å². The monoisotopic (exact) mass is 324 g/mol. The predicted octanol–water partition coefficient (Wildman–Crippen LogP) is 4.75. The number of benzene rings is 1. The van der Waals surface area contributed by atoms with Crippen LogP contribution in [0.2, 0.25) is 0 Å². The Kier molecular flexibility index (Phi) is 4.81. The maximum absolute atomic E-state index is 4.96. The minimum Gasteiger partial charge on any atom is -0.356 e. The first kappa shape index (κ1) is 15.7. The molecule has 2 aliphatic rings. The van der Waals surface area contributed by atoms with Crippen molar-refractivity contribution >= 4 is 22.7 Å². The number of anilines is 2. The van der Waals surface area contributed by atoms with Gasteiger partial charge in [0.15, 0.2) is 0 Å². The summed E-state index contributed by atoms with van der Waals surface area (Å²) in [5.74, 6) is 1.95. The van der Waals surface area contributed by atoms with E-state index in [2.05, 4.69) is 34.5 Å². The number of rotatable bonds is 3. The zero-order chi connectivity index (χ0) is 16.2. The van der Waals surface area contributed by atoms with E-state index in [4.69, 9.17) is 9.97 Å². The molecule has 4 nitrogen and oxygen atoms in total. The van der Waals surface area contributed by atoms with E-state index in [9.17, 15) is 0 Å². The lowest BCUT2D eigenvalue weighted by Crippen LogP contribution is -2.27. The van der Waals surface area contributed by atoms with E-state index >= 15 is 0 Å². The molecule has 2 fully saturated rings.